The monoisotopic (exact) mass is 266 g/mol. The van der Waals surface area contributed by atoms with Crippen molar-refractivity contribution in [3.63, 3.8) is 0 Å². The maximum Gasteiger partial charge on any atom is 0.573 e. The maximum absolute atomic E-state index is 12.2. The highest BCUT2D eigenvalue weighted by Crippen LogP contribution is 2.26. The normalized spacial score (nSPS) is 11.1. The molecule has 0 bridgehead atoms. The Labute approximate surface area is 108 Å². The minimum atomic E-state index is -4.68. The van der Waals surface area contributed by atoms with E-state index in [-0.39, 0.29) is 12.3 Å². The molecule has 0 aliphatic heterocycles. The molecule has 99 valence electrons. The molecular formula is C14H11F3NO. The molecule has 0 spiro atoms. The van der Waals surface area contributed by atoms with Gasteiger partial charge in [0.1, 0.15) is 5.75 Å². The van der Waals surface area contributed by atoms with Gasteiger partial charge in [-0.2, -0.15) is 0 Å². The fraction of sp³-hybridized carbons (Fsp3) is 0.143. The molecule has 5 heteroatoms. The Bertz CT molecular complexity index is 526. The van der Waals surface area contributed by atoms with E-state index in [0.717, 1.165) is 5.69 Å². The summed E-state index contributed by atoms with van der Waals surface area (Å²) in [5, 5.41) is 3.02. The van der Waals surface area contributed by atoms with Crippen molar-refractivity contribution in [1.82, 2.24) is 0 Å². The summed E-state index contributed by atoms with van der Waals surface area (Å²) in [4.78, 5) is 0. The number of anilines is 1. The van der Waals surface area contributed by atoms with Crippen LogP contribution in [0.15, 0.2) is 48.5 Å². The quantitative estimate of drug-likeness (QED) is 0.903. The number of benzene rings is 2. The minimum Gasteiger partial charge on any atom is -0.405 e. The SMILES string of the molecule is FC(F)(F)Oc1ccccc1CNc1cc[c]cc1. The zero-order valence-corrected chi connectivity index (χ0v) is 9.87. The van der Waals surface area contributed by atoms with Crippen molar-refractivity contribution in [2.75, 3.05) is 5.32 Å². The lowest BCUT2D eigenvalue weighted by Crippen LogP contribution is -2.18. The standard InChI is InChI=1S/C14H11F3NO/c15-14(16,17)19-13-9-5-4-6-11(13)10-18-12-7-2-1-3-8-12/h2-9,18H,10H2. The van der Waals surface area contributed by atoms with Gasteiger partial charge in [0.25, 0.3) is 0 Å². The van der Waals surface area contributed by atoms with Gasteiger partial charge in [0.05, 0.1) is 0 Å². The van der Waals surface area contributed by atoms with E-state index >= 15 is 0 Å². The molecule has 0 aliphatic carbocycles. The number of rotatable bonds is 4. The summed E-state index contributed by atoms with van der Waals surface area (Å²) >= 11 is 0. The van der Waals surface area contributed by atoms with Gasteiger partial charge in [0.15, 0.2) is 0 Å². The Morgan fingerprint density at radius 2 is 1.74 bits per heavy atom. The van der Waals surface area contributed by atoms with Gasteiger partial charge in [-0.3, -0.25) is 0 Å². The van der Waals surface area contributed by atoms with Gasteiger partial charge >= 0.3 is 6.36 Å². The van der Waals surface area contributed by atoms with Gasteiger partial charge in [-0.1, -0.05) is 30.3 Å². The molecule has 0 saturated heterocycles. The fourth-order valence-corrected chi connectivity index (χ4v) is 1.58. The van der Waals surface area contributed by atoms with Crippen LogP contribution in [0.25, 0.3) is 0 Å². The first-order chi connectivity index (χ1) is 9.04. The number of halogens is 3. The second-order valence-electron chi connectivity index (χ2n) is 3.80. The first-order valence-corrected chi connectivity index (χ1v) is 5.58. The van der Waals surface area contributed by atoms with Gasteiger partial charge in [0.2, 0.25) is 0 Å². The van der Waals surface area contributed by atoms with Crippen LogP contribution in [-0.2, 0) is 6.54 Å². The van der Waals surface area contributed by atoms with Crippen LogP contribution in [0.1, 0.15) is 5.56 Å². The van der Waals surface area contributed by atoms with Gasteiger partial charge < -0.3 is 10.1 Å². The Balaban J connectivity index is 2.08. The molecule has 0 atom stereocenters. The van der Waals surface area contributed by atoms with Crippen LogP contribution in [0.3, 0.4) is 0 Å². The molecule has 0 aromatic heterocycles. The van der Waals surface area contributed by atoms with E-state index in [1.807, 2.05) is 0 Å². The van der Waals surface area contributed by atoms with E-state index in [1.54, 1.807) is 36.4 Å². The summed E-state index contributed by atoms with van der Waals surface area (Å²) in [6, 6.07) is 15.9. The largest absolute Gasteiger partial charge is 0.573 e. The summed E-state index contributed by atoms with van der Waals surface area (Å²) in [6.07, 6.45) is -4.68. The molecular weight excluding hydrogens is 255 g/mol. The highest BCUT2D eigenvalue weighted by molar-refractivity contribution is 5.44. The van der Waals surface area contributed by atoms with Crippen LogP contribution in [0.2, 0.25) is 0 Å². The molecule has 0 unspecified atom stereocenters. The smallest absolute Gasteiger partial charge is 0.405 e. The van der Waals surface area contributed by atoms with E-state index in [1.165, 1.54) is 12.1 Å². The first kappa shape index (κ1) is 13.3. The lowest BCUT2D eigenvalue weighted by atomic mass is 10.2. The predicted molar refractivity (Wildman–Crippen MR) is 65.7 cm³/mol. The summed E-state index contributed by atoms with van der Waals surface area (Å²) in [7, 11) is 0. The van der Waals surface area contributed by atoms with Crippen molar-refractivity contribution in [1.29, 1.82) is 0 Å². The van der Waals surface area contributed by atoms with Crippen molar-refractivity contribution in [2.45, 2.75) is 12.9 Å². The topological polar surface area (TPSA) is 21.3 Å². The Kier molecular flexibility index (Phi) is 3.94. The number of nitrogens with one attached hydrogen (secondary N) is 1. The third-order valence-corrected chi connectivity index (χ3v) is 2.40. The van der Waals surface area contributed by atoms with Crippen molar-refractivity contribution < 1.29 is 17.9 Å². The van der Waals surface area contributed by atoms with Crippen LogP contribution in [0.4, 0.5) is 18.9 Å². The maximum atomic E-state index is 12.2. The lowest BCUT2D eigenvalue weighted by Gasteiger charge is -2.14. The van der Waals surface area contributed by atoms with Gasteiger partial charge in [-0.25, -0.2) is 0 Å². The molecule has 2 aromatic rings. The summed E-state index contributed by atoms with van der Waals surface area (Å²) in [5.74, 6) is -0.190. The zero-order chi connectivity index (χ0) is 13.7. The second-order valence-corrected chi connectivity index (χ2v) is 3.80. The summed E-state index contributed by atoms with van der Waals surface area (Å²) in [5.41, 5.74) is 1.24. The molecule has 1 N–H and O–H groups in total. The molecule has 2 rings (SSSR count). The van der Waals surface area contributed by atoms with Gasteiger partial charge in [-0.15, -0.1) is 13.2 Å². The average Bonchev–Trinajstić information content (AvgIpc) is 2.37. The second kappa shape index (κ2) is 5.65. The molecule has 0 amide bonds. The van der Waals surface area contributed by atoms with Crippen molar-refractivity contribution in [3.8, 4) is 5.75 Å². The van der Waals surface area contributed by atoms with E-state index in [2.05, 4.69) is 16.1 Å². The van der Waals surface area contributed by atoms with Gasteiger partial charge in [0, 0.05) is 17.8 Å². The Hall–Kier alpha value is -2.17. The molecule has 2 aromatic carbocycles. The third-order valence-electron chi connectivity index (χ3n) is 2.40. The molecule has 0 aliphatic rings. The summed E-state index contributed by atoms with van der Waals surface area (Å²) < 4.78 is 40.7. The van der Waals surface area contributed by atoms with E-state index in [9.17, 15) is 13.2 Å². The van der Waals surface area contributed by atoms with Crippen molar-refractivity contribution >= 4 is 5.69 Å². The van der Waals surface area contributed by atoms with Crippen LogP contribution >= 0.6 is 0 Å². The third kappa shape index (κ3) is 4.21. The van der Waals surface area contributed by atoms with Crippen LogP contribution in [-0.4, -0.2) is 6.36 Å². The number of hydrogen-bond acceptors (Lipinski definition) is 2. The van der Waals surface area contributed by atoms with E-state index in [4.69, 9.17) is 0 Å². The number of hydrogen-bond donors (Lipinski definition) is 1. The molecule has 0 fully saturated rings. The average molecular weight is 266 g/mol. The fourth-order valence-electron chi connectivity index (χ4n) is 1.58. The Morgan fingerprint density at radius 3 is 2.42 bits per heavy atom. The van der Waals surface area contributed by atoms with Crippen LogP contribution in [0.5, 0.6) is 5.75 Å². The first-order valence-electron chi connectivity index (χ1n) is 5.58. The van der Waals surface area contributed by atoms with E-state index < -0.39 is 6.36 Å². The molecule has 19 heavy (non-hydrogen) atoms. The number of alkyl halides is 3. The van der Waals surface area contributed by atoms with Crippen molar-refractivity contribution in [2.24, 2.45) is 0 Å². The van der Waals surface area contributed by atoms with Crippen LogP contribution < -0.4 is 10.1 Å². The zero-order valence-electron chi connectivity index (χ0n) is 9.87. The molecule has 0 saturated carbocycles. The van der Waals surface area contributed by atoms with Crippen LogP contribution in [0, 0.1) is 6.07 Å². The lowest BCUT2D eigenvalue weighted by molar-refractivity contribution is -0.274. The highest BCUT2D eigenvalue weighted by atomic mass is 19.4. The van der Waals surface area contributed by atoms with Gasteiger partial charge in [-0.05, 0) is 24.3 Å². The molecule has 0 heterocycles. The Morgan fingerprint density at radius 1 is 1.05 bits per heavy atom. The predicted octanol–water partition coefficient (Wildman–Crippen LogP) is 4.00. The summed E-state index contributed by atoms with van der Waals surface area (Å²) in [6.45, 7) is 0.246. The highest BCUT2D eigenvalue weighted by Gasteiger charge is 2.31. The minimum absolute atomic E-state index is 0.190. The number of ether oxygens (including phenoxy) is 1. The van der Waals surface area contributed by atoms with E-state index in [0.29, 0.717) is 5.56 Å². The molecule has 2 nitrogen and oxygen atoms in total. The van der Waals surface area contributed by atoms with Crippen molar-refractivity contribution in [3.05, 3.63) is 60.2 Å². The number of para-hydroxylation sites is 1. The molecule has 1 radical (unpaired) electrons.